The number of aromatic nitrogens is 2. The summed E-state index contributed by atoms with van der Waals surface area (Å²) in [4.78, 5) is 16.5. The van der Waals surface area contributed by atoms with E-state index in [1.54, 1.807) is 6.20 Å². The number of aliphatic hydroxyl groups excluding tert-OH is 1. The van der Waals surface area contributed by atoms with E-state index in [1.165, 1.54) is 0 Å². The zero-order valence-electron chi connectivity index (χ0n) is 13.8. The van der Waals surface area contributed by atoms with Crippen molar-refractivity contribution < 1.29 is 9.90 Å². The number of nitrogens with zero attached hydrogens (tertiary/aromatic N) is 2. The molecule has 1 aliphatic carbocycles. The maximum atomic E-state index is 11.8. The molecule has 2 aromatic heterocycles. The predicted molar refractivity (Wildman–Crippen MR) is 91.1 cm³/mol. The molecule has 2 heterocycles. The van der Waals surface area contributed by atoms with Crippen molar-refractivity contribution >= 4 is 22.6 Å². The Balaban J connectivity index is 2.38. The van der Waals surface area contributed by atoms with Crippen molar-refractivity contribution in [2.45, 2.75) is 34.1 Å². The van der Waals surface area contributed by atoms with E-state index in [-0.39, 0.29) is 11.7 Å². The van der Waals surface area contributed by atoms with Crippen LogP contribution < -0.4 is 5.73 Å². The predicted octanol–water partition coefficient (Wildman–Crippen LogP) is 3.46. The van der Waals surface area contributed by atoms with Gasteiger partial charge in [-0.2, -0.15) is 0 Å². The number of rotatable bonds is 2. The van der Waals surface area contributed by atoms with Crippen LogP contribution in [0.15, 0.2) is 29.7 Å². The smallest absolute Gasteiger partial charge is 0.250 e. The van der Waals surface area contributed by atoms with E-state index in [0.717, 1.165) is 34.3 Å². The Morgan fingerprint density at radius 3 is 2.74 bits per heavy atom. The number of fused-ring (bicyclic) bond motifs is 1. The fourth-order valence-corrected chi connectivity index (χ4v) is 3.19. The maximum Gasteiger partial charge on any atom is 0.250 e. The van der Waals surface area contributed by atoms with Gasteiger partial charge in [-0.3, -0.25) is 4.79 Å². The molecule has 0 radical (unpaired) electrons. The SMILES string of the molecule is CC1=C(n2cc(C(N)=O)c3cc(C)c(C)nc32)[C@H](C)CC=C1O. The lowest BCUT2D eigenvalue weighted by molar-refractivity contribution is 0.100. The van der Waals surface area contributed by atoms with Gasteiger partial charge in [-0.25, -0.2) is 4.98 Å². The molecule has 0 unspecified atom stereocenters. The normalized spacial score (nSPS) is 18.4. The van der Waals surface area contributed by atoms with Crippen LogP contribution in [-0.4, -0.2) is 20.6 Å². The van der Waals surface area contributed by atoms with Crippen LogP contribution in [0.2, 0.25) is 0 Å². The minimum absolute atomic E-state index is 0.214. The van der Waals surface area contributed by atoms with E-state index < -0.39 is 5.91 Å². The van der Waals surface area contributed by atoms with Crippen molar-refractivity contribution in [3.63, 3.8) is 0 Å². The number of allylic oxidation sites excluding steroid dienone is 3. The highest BCUT2D eigenvalue weighted by molar-refractivity contribution is 6.06. The number of pyridine rings is 1. The molecule has 0 aliphatic heterocycles. The number of aryl methyl sites for hydroxylation is 2. The lowest BCUT2D eigenvalue weighted by Gasteiger charge is -2.24. The summed E-state index contributed by atoms with van der Waals surface area (Å²) in [5.41, 5.74) is 10.4. The molecule has 0 saturated heterocycles. The van der Waals surface area contributed by atoms with E-state index in [9.17, 15) is 9.90 Å². The van der Waals surface area contributed by atoms with Crippen molar-refractivity contribution in [2.24, 2.45) is 11.7 Å². The van der Waals surface area contributed by atoms with Crippen LogP contribution in [0.3, 0.4) is 0 Å². The Bertz CT molecular complexity index is 887. The van der Waals surface area contributed by atoms with Crippen molar-refractivity contribution in [1.29, 1.82) is 0 Å². The number of hydrogen-bond acceptors (Lipinski definition) is 3. The summed E-state index contributed by atoms with van der Waals surface area (Å²) in [6, 6.07) is 1.95. The fraction of sp³-hybridized carbons (Fsp3) is 0.333. The molecule has 0 saturated carbocycles. The standard InChI is InChI=1S/C18H21N3O2/c1-9-5-6-15(22)11(3)16(9)21-8-14(17(19)23)13-7-10(2)12(4)20-18(13)21/h6-9,22H,5H2,1-4H3,(H2,19,23)/t9-/m1/s1. The highest BCUT2D eigenvalue weighted by Gasteiger charge is 2.24. The molecule has 5 heteroatoms. The van der Waals surface area contributed by atoms with E-state index in [2.05, 4.69) is 11.9 Å². The summed E-state index contributed by atoms with van der Waals surface area (Å²) >= 11 is 0. The Labute approximate surface area is 135 Å². The lowest BCUT2D eigenvalue weighted by Crippen LogP contribution is -2.13. The van der Waals surface area contributed by atoms with Gasteiger partial charge in [0.05, 0.1) is 5.56 Å². The molecule has 0 fully saturated rings. The largest absolute Gasteiger partial charge is 0.508 e. The minimum atomic E-state index is -0.472. The maximum absolute atomic E-state index is 11.8. The van der Waals surface area contributed by atoms with E-state index in [0.29, 0.717) is 11.2 Å². The van der Waals surface area contributed by atoms with E-state index in [1.807, 2.05) is 37.5 Å². The number of carbonyl (C=O) groups is 1. The zero-order chi connectivity index (χ0) is 16.9. The van der Waals surface area contributed by atoms with Gasteiger partial charge in [-0.05, 0) is 44.9 Å². The van der Waals surface area contributed by atoms with E-state index in [4.69, 9.17) is 5.73 Å². The number of aliphatic hydroxyl groups is 1. The van der Waals surface area contributed by atoms with Gasteiger partial charge >= 0.3 is 0 Å². The molecule has 2 aromatic rings. The first kappa shape index (κ1) is 15.3. The van der Waals surface area contributed by atoms with Crippen LogP contribution in [-0.2, 0) is 0 Å². The summed E-state index contributed by atoms with van der Waals surface area (Å²) in [6.45, 7) is 7.89. The molecular weight excluding hydrogens is 290 g/mol. The lowest BCUT2D eigenvalue weighted by atomic mass is 9.93. The minimum Gasteiger partial charge on any atom is -0.508 e. The molecule has 0 aromatic carbocycles. The van der Waals surface area contributed by atoms with Crippen LogP contribution in [0.4, 0.5) is 0 Å². The van der Waals surface area contributed by atoms with Crippen molar-refractivity contribution in [3.8, 4) is 0 Å². The van der Waals surface area contributed by atoms with Crippen LogP contribution in [0.25, 0.3) is 16.7 Å². The molecule has 1 amide bonds. The number of primary amides is 1. The molecule has 1 aliphatic rings. The van der Waals surface area contributed by atoms with Gasteiger partial charge in [-0.15, -0.1) is 0 Å². The van der Waals surface area contributed by atoms with Crippen molar-refractivity contribution in [2.75, 3.05) is 0 Å². The molecule has 120 valence electrons. The highest BCUT2D eigenvalue weighted by atomic mass is 16.3. The Morgan fingerprint density at radius 2 is 2.09 bits per heavy atom. The molecule has 3 rings (SSSR count). The Hall–Kier alpha value is -2.56. The Morgan fingerprint density at radius 1 is 1.39 bits per heavy atom. The summed E-state index contributed by atoms with van der Waals surface area (Å²) < 4.78 is 1.91. The molecule has 1 atom stereocenters. The fourth-order valence-electron chi connectivity index (χ4n) is 3.19. The number of carbonyl (C=O) groups excluding carboxylic acids is 1. The van der Waals surface area contributed by atoms with Gasteiger partial charge in [0.25, 0.3) is 5.91 Å². The summed E-state index contributed by atoms with van der Waals surface area (Å²) in [5, 5.41) is 10.8. The summed E-state index contributed by atoms with van der Waals surface area (Å²) in [7, 11) is 0. The summed E-state index contributed by atoms with van der Waals surface area (Å²) in [6.07, 6.45) is 4.31. The third-order valence-electron chi connectivity index (χ3n) is 4.65. The molecule has 3 N–H and O–H groups in total. The number of amides is 1. The average molecular weight is 311 g/mol. The topological polar surface area (TPSA) is 81.1 Å². The second kappa shape index (κ2) is 5.26. The zero-order valence-corrected chi connectivity index (χ0v) is 13.8. The van der Waals surface area contributed by atoms with Gasteiger partial charge in [-0.1, -0.05) is 6.92 Å². The second-order valence-electron chi connectivity index (χ2n) is 6.28. The highest BCUT2D eigenvalue weighted by Crippen LogP contribution is 2.35. The first-order valence-electron chi connectivity index (χ1n) is 7.71. The van der Waals surface area contributed by atoms with Crippen LogP contribution >= 0.6 is 0 Å². The molecule has 0 spiro atoms. The van der Waals surface area contributed by atoms with Crippen molar-refractivity contribution in [1.82, 2.24) is 9.55 Å². The van der Waals surface area contributed by atoms with Gasteiger partial charge in [0, 0.05) is 34.5 Å². The number of nitrogens with two attached hydrogens (primary N) is 1. The van der Waals surface area contributed by atoms with E-state index >= 15 is 0 Å². The number of hydrogen-bond donors (Lipinski definition) is 2. The Kier molecular flexibility index (Phi) is 3.51. The first-order valence-corrected chi connectivity index (χ1v) is 7.71. The second-order valence-corrected chi connectivity index (χ2v) is 6.28. The van der Waals surface area contributed by atoms with Gasteiger partial charge in [0.1, 0.15) is 11.4 Å². The van der Waals surface area contributed by atoms with Gasteiger partial charge in [0.2, 0.25) is 0 Å². The van der Waals surface area contributed by atoms with Gasteiger partial charge < -0.3 is 15.4 Å². The van der Waals surface area contributed by atoms with Crippen LogP contribution in [0.5, 0.6) is 0 Å². The summed E-state index contributed by atoms with van der Waals surface area (Å²) in [5.74, 6) is 0.0235. The molecule has 5 nitrogen and oxygen atoms in total. The third-order valence-corrected chi connectivity index (χ3v) is 4.65. The van der Waals surface area contributed by atoms with Gasteiger partial charge in [0.15, 0.2) is 0 Å². The first-order chi connectivity index (χ1) is 10.8. The quantitative estimate of drug-likeness (QED) is 0.891. The molecular formula is C18H21N3O2. The third kappa shape index (κ3) is 2.32. The average Bonchev–Trinajstić information content (AvgIpc) is 2.83. The molecule has 23 heavy (non-hydrogen) atoms. The van der Waals surface area contributed by atoms with Crippen molar-refractivity contribution in [3.05, 3.63) is 46.5 Å². The van der Waals surface area contributed by atoms with Crippen LogP contribution in [0.1, 0.15) is 41.9 Å². The monoisotopic (exact) mass is 311 g/mol. The van der Waals surface area contributed by atoms with Crippen LogP contribution in [0, 0.1) is 19.8 Å². The molecule has 0 bridgehead atoms.